The number of hydrogen-bond donors (Lipinski definition) is 1. The summed E-state index contributed by atoms with van der Waals surface area (Å²) in [4.78, 5) is 12.6. The zero-order valence-electron chi connectivity index (χ0n) is 15.9. The van der Waals surface area contributed by atoms with Crippen molar-refractivity contribution in [2.24, 2.45) is 0 Å². The Hall–Kier alpha value is -1.61. The van der Waals surface area contributed by atoms with Crippen LogP contribution in [0.4, 0.5) is 5.00 Å². The van der Waals surface area contributed by atoms with Gasteiger partial charge in [0.15, 0.2) is 0 Å². The number of carbonyl (C=O) groups is 1. The Kier molecular flexibility index (Phi) is 6.05. The number of thiophene rings is 2. The number of hydrogen-bond acceptors (Lipinski definition) is 6. The molecule has 0 spiro atoms. The first-order chi connectivity index (χ1) is 13.2. The van der Waals surface area contributed by atoms with E-state index in [1.54, 1.807) is 26.0 Å². The lowest BCUT2D eigenvalue weighted by Crippen LogP contribution is -2.12. The second-order valence-electron chi connectivity index (χ2n) is 6.20. The highest BCUT2D eigenvalue weighted by atomic mass is 35.5. The van der Waals surface area contributed by atoms with Crippen molar-refractivity contribution in [2.45, 2.75) is 38.3 Å². The van der Waals surface area contributed by atoms with Crippen molar-refractivity contribution < 1.29 is 17.9 Å². The topological polar surface area (TPSA) is 72.5 Å². The molecule has 1 aromatic carbocycles. The summed E-state index contributed by atoms with van der Waals surface area (Å²) in [5.41, 5.74) is 2.22. The molecule has 0 bridgehead atoms. The molecule has 3 rings (SSSR count). The van der Waals surface area contributed by atoms with Crippen molar-refractivity contribution in [1.82, 2.24) is 0 Å². The van der Waals surface area contributed by atoms with Crippen LogP contribution >= 0.6 is 34.3 Å². The molecule has 2 heterocycles. The number of rotatable bonds is 6. The number of benzene rings is 1. The van der Waals surface area contributed by atoms with Gasteiger partial charge in [0.05, 0.1) is 6.61 Å². The Morgan fingerprint density at radius 1 is 1.18 bits per heavy atom. The van der Waals surface area contributed by atoms with Crippen molar-refractivity contribution in [3.8, 4) is 0 Å². The molecule has 0 saturated heterocycles. The van der Waals surface area contributed by atoms with Crippen LogP contribution in [0, 0.1) is 13.8 Å². The molecule has 0 aliphatic rings. The van der Waals surface area contributed by atoms with Crippen LogP contribution in [-0.2, 0) is 21.2 Å². The molecule has 2 aromatic heterocycles. The van der Waals surface area contributed by atoms with Gasteiger partial charge < -0.3 is 4.74 Å². The summed E-state index contributed by atoms with van der Waals surface area (Å²) in [6.45, 7) is 7.51. The molecule has 0 amide bonds. The molecule has 0 atom stereocenters. The molecule has 0 saturated carbocycles. The lowest BCUT2D eigenvalue weighted by Gasteiger charge is -2.07. The van der Waals surface area contributed by atoms with E-state index in [2.05, 4.69) is 4.72 Å². The van der Waals surface area contributed by atoms with Crippen LogP contribution < -0.4 is 4.72 Å². The van der Waals surface area contributed by atoms with Crippen molar-refractivity contribution in [1.29, 1.82) is 0 Å². The van der Waals surface area contributed by atoms with Crippen LogP contribution in [-0.4, -0.2) is 21.0 Å². The van der Waals surface area contributed by atoms with Crippen LogP contribution in [0.25, 0.3) is 10.1 Å². The van der Waals surface area contributed by atoms with Gasteiger partial charge in [-0.3, -0.25) is 4.72 Å². The number of fused-ring (bicyclic) bond motifs is 1. The number of sulfonamides is 1. The molecule has 9 heteroatoms. The van der Waals surface area contributed by atoms with Gasteiger partial charge in [0.25, 0.3) is 10.0 Å². The average Bonchev–Trinajstić information content (AvgIpc) is 3.12. The molecule has 0 fully saturated rings. The van der Waals surface area contributed by atoms with Gasteiger partial charge in [0.1, 0.15) is 14.1 Å². The Balaban J connectivity index is 2.05. The molecule has 150 valence electrons. The van der Waals surface area contributed by atoms with Gasteiger partial charge in [0, 0.05) is 9.72 Å². The van der Waals surface area contributed by atoms with E-state index in [9.17, 15) is 13.2 Å². The van der Waals surface area contributed by atoms with E-state index in [1.807, 2.05) is 19.9 Å². The van der Waals surface area contributed by atoms with Crippen molar-refractivity contribution in [3.05, 3.63) is 44.8 Å². The highest BCUT2D eigenvalue weighted by molar-refractivity contribution is 7.95. The van der Waals surface area contributed by atoms with E-state index in [4.69, 9.17) is 16.3 Å². The third-order valence-corrected chi connectivity index (χ3v) is 9.25. The standard InChI is InChI=1S/C19H20ClNO4S3/c1-5-13-10(3)16(18(22)25-6-2)27-17(13)21-28(23,24)19-11(4)14-9-12(20)7-8-15(14)26-19/h7-9,21H,5-6H2,1-4H3. The molecule has 28 heavy (non-hydrogen) atoms. The quantitative estimate of drug-likeness (QED) is 0.476. The van der Waals surface area contributed by atoms with Gasteiger partial charge in [-0.05, 0) is 67.5 Å². The second kappa shape index (κ2) is 8.02. The first kappa shape index (κ1) is 21.1. The third kappa shape index (κ3) is 3.78. The Morgan fingerprint density at radius 2 is 1.89 bits per heavy atom. The van der Waals surface area contributed by atoms with E-state index in [0.29, 0.717) is 26.9 Å². The Morgan fingerprint density at radius 3 is 2.54 bits per heavy atom. The van der Waals surface area contributed by atoms with Gasteiger partial charge >= 0.3 is 5.97 Å². The number of anilines is 1. The number of carbonyl (C=O) groups excluding carboxylic acids is 1. The maximum absolute atomic E-state index is 13.1. The summed E-state index contributed by atoms with van der Waals surface area (Å²) >= 11 is 8.37. The number of halogens is 1. The van der Waals surface area contributed by atoms with E-state index in [-0.39, 0.29) is 10.8 Å². The van der Waals surface area contributed by atoms with Gasteiger partial charge in [-0.25, -0.2) is 13.2 Å². The van der Waals surface area contributed by atoms with Crippen molar-refractivity contribution in [3.63, 3.8) is 0 Å². The summed E-state index contributed by atoms with van der Waals surface area (Å²) in [5.74, 6) is -0.433. The largest absolute Gasteiger partial charge is 0.462 e. The molecule has 1 N–H and O–H groups in total. The van der Waals surface area contributed by atoms with Gasteiger partial charge in [-0.15, -0.1) is 22.7 Å². The number of esters is 1. The van der Waals surface area contributed by atoms with Crippen molar-refractivity contribution >= 4 is 65.4 Å². The normalized spacial score (nSPS) is 11.8. The Labute approximate surface area is 177 Å². The van der Waals surface area contributed by atoms with Gasteiger partial charge in [-0.1, -0.05) is 18.5 Å². The SMILES string of the molecule is CCOC(=O)c1sc(NS(=O)(=O)c2sc3ccc(Cl)cc3c2C)c(CC)c1C. The van der Waals surface area contributed by atoms with Crippen LogP contribution in [0.5, 0.6) is 0 Å². The molecular weight excluding hydrogens is 438 g/mol. The number of ether oxygens (including phenoxy) is 1. The summed E-state index contributed by atoms with van der Waals surface area (Å²) < 4.78 is 35.1. The third-order valence-electron chi connectivity index (χ3n) is 4.41. The summed E-state index contributed by atoms with van der Waals surface area (Å²) in [5, 5.41) is 1.84. The molecule has 0 unspecified atom stereocenters. The van der Waals surface area contributed by atoms with E-state index < -0.39 is 16.0 Å². The second-order valence-corrected chi connectivity index (χ2v) is 10.6. The molecule has 0 aliphatic carbocycles. The molecule has 3 aromatic rings. The molecule has 0 aliphatic heterocycles. The van der Waals surface area contributed by atoms with E-state index in [1.165, 1.54) is 11.3 Å². The van der Waals surface area contributed by atoms with E-state index >= 15 is 0 Å². The Bertz CT molecular complexity index is 1160. The predicted molar refractivity (Wildman–Crippen MR) is 117 cm³/mol. The van der Waals surface area contributed by atoms with Crippen LogP contribution in [0.3, 0.4) is 0 Å². The highest BCUT2D eigenvalue weighted by Crippen LogP contribution is 2.39. The van der Waals surface area contributed by atoms with Crippen LogP contribution in [0.15, 0.2) is 22.4 Å². The smallest absolute Gasteiger partial charge is 0.348 e. The fraction of sp³-hybridized carbons (Fsp3) is 0.316. The molecule has 0 radical (unpaired) electrons. The average molecular weight is 458 g/mol. The fourth-order valence-corrected chi connectivity index (χ4v) is 7.48. The zero-order chi connectivity index (χ0) is 20.6. The fourth-order valence-electron chi connectivity index (χ4n) is 3.04. The summed E-state index contributed by atoms with van der Waals surface area (Å²) in [6, 6.07) is 5.33. The summed E-state index contributed by atoms with van der Waals surface area (Å²) in [6.07, 6.45) is 0.598. The van der Waals surface area contributed by atoms with Gasteiger partial charge in [-0.2, -0.15) is 0 Å². The maximum atomic E-state index is 13.1. The first-order valence-corrected chi connectivity index (χ1v) is 12.2. The monoisotopic (exact) mass is 457 g/mol. The molecule has 5 nitrogen and oxygen atoms in total. The minimum Gasteiger partial charge on any atom is -0.462 e. The number of aryl methyl sites for hydroxylation is 1. The van der Waals surface area contributed by atoms with E-state index in [0.717, 1.165) is 32.5 Å². The maximum Gasteiger partial charge on any atom is 0.348 e. The minimum absolute atomic E-state index is 0.246. The molecular formula is C19H20ClNO4S3. The predicted octanol–water partition coefficient (Wildman–Crippen LogP) is 5.77. The first-order valence-electron chi connectivity index (χ1n) is 8.70. The lowest BCUT2D eigenvalue weighted by molar-refractivity contribution is 0.0531. The number of nitrogens with one attached hydrogen (secondary N) is 1. The summed E-state index contributed by atoms with van der Waals surface area (Å²) in [7, 11) is -3.81. The minimum atomic E-state index is -3.81. The van der Waals surface area contributed by atoms with Gasteiger partial charge in [0.2, 0.25) is 0 Å². The van der Waals surface area contributed by atoms with Crippen LogP contribution in [0.1, 0.15) is 40.2 Å². The van der Waals surface area contributed by atoms with Crippen molar-refractivity contribution in [2.75, 3.05) is 11.3 Å². The lowest BCUT2D eigenvalue weighted by atomic mass is 10.1. The van der Waals surface area contributed by atoms with Crippen LogP contribution in [0.2, 0.25) is 5.02 Å². The highest BCUT2D eigenvalue weighted by Gasteiger charge is 2.26. The zero-order valence-corrected chi connectivity index (χ0v) is 19.1.